The quantitative estimate of drug-likeness (QED) is 0.248. The van der Waals surface area contributed by atoms with Crippen molar-refractivity contribution in [3.05, 3.63) is 32.6 Å². The summed E-state index contributed by atoms with van der Waals surface area (Å²) in [5, 5.41) is 20.0. The minimum atomic E-state index is -6.11. The summed E-state index contributed by atoms with van der Waals surface area (Å²) in [5.74, 6) is 0. The number of aromatic amines is 1. The van der Waals surface area contributed by atoms with Crippen LogP contribution < -0.4 is 25.9 Å². The molecule has 0 radical (unpaired) electrons. The van der Waals surface area contributed by atoms with Gasteiger partial charge in [0.2, 0.25) is 0 Å². The molecule has 172 valence electrons. The Balaban J connectivity index is 2.09. The number of hydrogen-bond acceptors (Lipinski definition) is 14. The van der Waals surface area contributed by atoms with Crippen LogP contribution in [0.4, 0.5) is 0 Å². The number of phosphoric ester groups is 1. The van der Waals surface area contributed by atoms with Crippen molar-refractivity contribution in [2.75, 3.05) is 6.61 Å². The summed E-state index contributed by atoms with van der Waals surface area (Å²) >= 11 is 0. The molecule has 20 heteroatoms. The van der Waals surface area contributed by atoms with Gasteiger partial charge in [0.15, 0.2) is 0 Å². The third-order valence-electron chi connectivity index (χ3n) is 3.60. The van der Waals surface area contributed by atoms with Gasteiger partial charge in [-0.2, -0.15) is 0 Å². The molecule has 3 unspecified atom stereocenters. The number of H-pyrrole nitrogens is 1. The maximum Gasteiger partial charge on any atom is 0.328 e. The van der Waals surface area contributed by atoms with Gasteiger partial charge in [0, 0.05) is 13.2 Å². The first kappa shape index (κ1) is 25.2. The van der Waals surface area contributed by atoms with Crippen LogP contribution in [0.3, 0.4) is 0 Å². The van der Waals surface area contributed by atoms with Crippen LogP contribution in [-0.2, 0) is 38.6 Å². The zero-order chi connectivity index (χ0) is 23.1. The van der Waals surface area contributed by atoms with E-state index in [1.54, 1.807) is 0 Å². The number of ether oxygens (including phenoxy) is 1. The van der Waals surface area contributed by atoms with Gasteiger partial charge in [0.05, 0.1) is 12.2 Å². The minimum absolute atomic E-state index is 0.292. The summed E-state index contributed by atoms with van der Waals surface area (Å²) < 4.78 is 49.8. The molecule has 1 aromatic rings. The molecule has 1 fully saturated rings. The number of aliphatic hydroxyl groups excluding tert-OH is 2. The number of aliphatic hydroxyl groups is 2. The molecule has 1 saturated heterocycles. The molecule has 0 saturated carbocycles. The largest absolute Gasteiger partial charge is 0.756 e. The Morgan fingerprint density at radius 3 is 2.30 bits per heavy atom. The van der Waals surface area contributed by atoms with E-state index in [1.807, 2.05) is 4.98 Å². The summed E-state index contributed by atoms with van der Waals surface area (Å²) in [7, 11) is -16.6. The molecule has 0 aliphatic carbocycles. The Kier molecular flexibility index (Phi) is 7.44. The predicted octanol–water partition coefficient (Wildman–Crippen LogP) is -4.32. The molecule has 0 amide bonds. The first-order chi connectivity index (χ1) is 13.5. The summed E-state index contributed by atoms with van der Waals surface area (Å²) in [6.45, 7) is -1.15. The lowest BCUT2D eigenvalue weighted by Gasteiger charge is -2.33. The number of rotatable bonds is 8. The Labute approximate surface area is 165 Å². The molecule has 1 aromatic heterocycles. The summed E-state index contributed by atoms with van der Waals surface area (Å²) in [4.78, 5) is 66.5. The van der Waals surface area contributed by atoms with Crippen LogP contribution in [0.15, 0.2) is 15.8 Å². The molecular formula is C10H14N2O15P3-3. The topological polar surface area (TPSA) is 273 Å². The van der Waals surface area contributed by atoms with Gasteiger partial charge in [-0.15, -0.1) is 0 Å². The highest BCUT2D eigenvalue weighted by Crippen LogP contribution is 2.61. The lowest BCUT2D eigenvalue weighted by molar-refractivity contribution is -0.250. The van der Waals surface area contributed by atoms with E-state index in [2.05, 4.69) is 13.1 Å². The first-order valence-corrected chi connectivity index (χ1v) is 12.0. The van der Waals surface area contributed by atoms with Crippen LogP contribution in [0.25, 0.3) is 0 Å². The van der Waals surface area contributed by atoms with Gasteiger partial charge >= 0.3 is 5.69 Å². The van der Waals surface area contributed by atoms with Crippen molar-refractivity contribution in [3.63, 3.8) is 0 Å². The van der Waals surface area contributed by atoms with Crippen molar-refractivity contribution in [3.8, 4) is 0 Å². The van der Waals surface area contributed by atoms with Gasteiger partial charge in [0.1, 0.15) is 24.4 Å². The van der Waals surface area contributed by atoms with E-state index in [0.717, 1.165) is 10.8 Å². The van der Waals surface area contributed by atoms with Crippen molar-refractivity contribution in [1.82, 2.24) is 9.55 Å². The van der Waals surface area contributed by atoms with Crippen molar-refractivity contribution in [2.45, 2.75) is 24.4 Å². The van der Waals surface area contributed by atoms with Crippen molar-refractivity contribution in [1.29, 1.82) is 0 Å². The number of nitrogens with zero attached hydrogens (tertiary/aromatic N) is 1. The highest BCUT2D eigenvalue weighted by Gasteiger charge is 2.45. The molecule has 2 rings (SSSR count). The van der Waals surface area contributed by atoms with Crippen LogP contribution in [0.1, 0.15) is 11.7 Å². The molecular weight excluding hydrogens is 481 g/mol. The second kappa shape index (κ2) is 8.84. The van der Waals surface area contributed by atoms with E-state index < -0.39 is 65.7 Å². The van der Waals surface area contributed by atoms with Crippen LogP contribution in [0, 0.1) is 0 Å². The van der Waals surface area contributed by atoms with Gasteiger partial charge in [-0.1, -0.05) is 0 Å². The van der Waals surface area contributed by atoms with Crippen molar-refractivity contribution >= 4 is 23.5 Å². The second-order valence-electron chi connectivity index (χ2n) is 5.85. The smallest absolute Gasteiger partial charge is 0.328 e. The number of aryl methyl sites for hydroxylation is 1. The molecule has 1 aliphatic rings. The van der Waals surface area contributed by atoms with E-state index >= 15 is 0 Å². The first-order valence-electron chi connectivity index (χ1n) is 7.56. The molecule has 7 atom stereocenters. The zero-order valence-electron chi connectivity index (χ0n) is 14.6. The molecule has 0 spiro atoms. The lowest BCUT2D eigenvalue weighted by Crippen LogP contribution is -2.35. The Bertz CT molecular complexity index is 1040. The fourth-order valence-electron chi connectivity index (χ4n) is 2.38. The molecule has 17 nitrogen and oxygen atoms in total. The fourth-order valence-corrected chi connectivity index (χ4v) is 5.28. The lowest BCUT2D eigenvalue weighted by atomic mass is 10.0. The maximum absolute atomic E-state index is 11.9. The molecule has 2 heterocycles. The number of aromatic nitrogens is 2. The van der Waals surface area contributed by atoms with Crippen LogP contribution >= 0.6 is 23.5 Å². The number of nitrogens with one attached hydrogen (secondary N) is 1. The normalized spacial score (nSPS) is 30.4. The number of hydrogen-bond donors (Lipinski definition) is 4. The molecule has 30 heavy (non-hydrogen) atoms. The summed E-state index contributed by atoms with van der Waals surface area (Å²) in [6.07, 6.45) is -5.76. The zero-order valence-corrected chi connectivity index (χ0v) is 17.3. The third kappa shape index (κ3) is 6.48. The monoisotopic (exact) mass is 495 g/mol. The van der Waals surface area contributed by atoms with E-state index in [0.29, 0.717) is 0 Å². The Morgan fingerprint density at radius 1 is 1.13 bits per heavy atom. The minimum Gasteiger partial charge on any atom is -0.756 e. The highest BCUT2D eigenvalue weighted by atomic mass is 31.3. The Hall–Kier alpha value is -1.03. The van der Waals surface area contributed by atoms with Gasteiger partial charge in [-0.25, -0.2) is 13.4 Å². The average Bonchev–Trinajstić information content (AvgIpc) is 2.81. The van der Waals surface area contributed by atoms with Gasteiger partial charge in [-0.05, 0) is 0 Å². The summed E-state index contributed by atoms with van der Waals surface area (Å²) in [6, 6.07) is 0. The molecule has 0 bridgehead atoms. The van der Waals surface area contributed by atoms with E-state index in [4.69, 9.17) is 9.63 Å². The van der Waals surface area contributed by atoms with Crippen molar-refractivity contribution in [2.24, 2.45) is 7.05 Å². The standard InChI is InChI=1S/C10H17N2O15P3/c1-12-2-4(9(15)11-10(12)16)8-7(14)6(13)5(25-8)3-24-29(20,21)27-30(22,23)26-28(17,18)19/h2,5-8,13-14H,3H2,1H3,(H,20,21)(H,22,23)(H,11,15,16)(H2,17,18,19)/p-3/t5-,6-,7-,8+/m1/s1. The maximum atomic E-state index is 11.9. The van der Waals surface area contributed by atoms with E-state index in [1.165, 1.54) is 7.05 Å². The average molecular weight is 495 g/mol. The van der Waals surface area contributed by atoms with Crippen LogP contribution in [0.2, 0.25) is 0 Å². The van der Waals surface area contributed by atoms with Crippen LogP contribution in [0.5, 0.6) is 0 Å². The van der Waals surface area contributed by atoms with Crippen molar-refractivity contribution < 1.29 is 61.4 Å². The Morgan fingerprint density at radius 2 is 1.73 bits per heavy atom. The highest BCUT2D eigenvalue weighted by molar-refractivity contribution is 7.65. The third-order valence-corrected chi connectivity index (χ3v) is 7.30. The SMILES string of the molecule is Cn1cc([C@@H]2O[C@H](COP(=O)([O-])OP(=O)([O-])OP(=O)([O-])O)[C@@H](O)[C@H]2O)c(=O)[nH]c1=O. The predicted molar refractivity (Wildman–Crippen MR) is 85.1 cm³/mol. The second-order valence-corrected chi connectivity index (χ2v) is 10.1. The molecule has 0 aromatic carbocycles. The molecule has 1 aliphatic heterocycles. The van der Waals surface area contributed by atoms with Gasteiger partial charge in [0.25, 0.3) is 29.0 Å². The van der Waals surface area contributed by atoms with E-state index in [-0.39, 0.29) is 5.56 Å². The molecule has 4 N–H and O–H groups in total. The van der Waals surface area contributed by atoms with Gasteiger partial charge in [-0.3, -0.25) is 23.5 Å². The van der Waals surface area contributed by atoms with Gasteiger partial charge < -0.3 is 43.6 Å². The summed E-state index contributed by atoms with van der Waals surface area (Å²) in [5.41, 5.74) is -2.03. The van der Waals surface area contributed by atoms with E-state index in [9.17, 15) is 48.2 Å². The fraction of sp³-hybridized carbons (Fsp3) is 0.600. The van der Waals surface area contributed by atoms with Crippen LogP contribution in [-0.4, -0.2) is 49.6 Å². The number of phosphoric acid groups is 3.